The molecule has 0 fully saturated rings. The molecule has 0 heterocycles. The van der Waals surface area contributed by atoms with Crippen LogP contribution in [0.25, 0.3) is 0 Å². The van der Waals surface area contributed by atoms with Crippen molar-refractivity contribution in [1.82, 2.24) is 0 Å². The van der Waals surface area contributed by atoms with Gasteiger partial charge in [-0.05, 0) is 13.3 Å². The zero-order chi connectivity index (χ0) is 8.15. The smallest absolute Gasteiger partial charge is 0.263 e. The number of hydrogen-bond acceptors (Lipinski definition) is 0. The van der Waals surface area contributed by atoms with E-state index in [1.165, 1.54) is 0 Å². The van der Waals surface area contributed by atoms with Gasteiger partial charge >= 0.3 is 0 Å². The largest absolute Gasteiger partial charge is 0.289 e. The second-order valence-corrected chi connectivity index (χ2v) is 2.57. The molecule has 2 nitrogen and oxygen atoms in total. The summed E-state index contributed by atoms with van der Waals surface area (Å²) in [6, 6.07) is 0.561. The molecule has 0 rings (SSSR count). The minimum Gasteiger partial charge on any atom is -0.263 e. The summed E-state index contributed by atoms with van der Waals surface area (Å²) in [5.41, 5.74) is 0. The highest BCUT2D eigenvalue weighted by molar-refractivity contribution is 5.79. The summed E-state index contributed by atoms with van der Waals surface area (Å²) in [6.07, 6.45) is 1.14. The van der Waals surface area contributed by atoms with E-state index in [1.54, 1.807) is 0 Å². The number of nitrogens with zero attached hydrogens (tertiary/aromatic N) is 2. The van der Waals surface area contributed by atoms with E-state index in [9.17, 15) is 0 Å². The van der Waals surface area contributed by atoms with Crippen LogP contribution in [0.15, 0.2) is 4.99 Å². The molecule has 0 saturated heterocycles. The fourth-order valence-electron chi connectivity index (χ4n) is 0.704. The van der Waals surface area contributed by atoms with Crippen LogP contribution in [0.3, 0.4) is 0 Å². The van der Waals surface area contributed by atoms with Gasteiger partial charge in [0.05, 0.1) is 13.1 Å². The van der Waals surface area contributed by atoms with E-state index in [-0.39, 0.29) is 0 Å². The number of rotatable bonds is 2. The van der Waals surface area contributed by atoms with Crippen molar-refractivity contribution in [3.63, 3.8) is 0 Å². The summed E-state index contributed by atoms with van der Waals surface area (Å²) in [4.78, 5) is 3.85. The van der Waals surface area contributed by atoms with Gasteiger partial charge in [-0.3, -0.25) is 4.58 Å². The lowest BCUT2D eigenvalue weighted by Gasteiger charge is -2.07. The zero-order valence-corrected chi connectivity index (χ0v) is 7.39. The lowest BCUT2D eigenvalue weighted by molar-refractivity contribution is -0.535. The van der Waals surface area contributed by atoms with E-state index < -0.39 is 0 Å². The zero-order valence-electron chi connectivity index (χ0n) is 7.39. The van der Waals surface area contributed by atoms with E-state index in [1.807, 2.05) is 14.0 Å². The Hall–Kier alpha value is -0.660. The molecule has 0 N–H and O–H groups in total. The second kappa shape index (κ2) is 4.20. The molecule has 58 valence electrons. The van der Waals surface area contributed by atoms with Gasteiger partial charge < -0.3 is 0 Å². The molecule has 0 aromatic rings. The Morgan fingerprint density at radius 2 is 2.20 bits per heavy atom. The quantitative estimate of drug-likeness (QED) is 0.315. The molecule has 2 heteroatoms. The highest BCUT2D eigenvalue weighted by atomic mass is 15.1. The third-order valence-electron chi connectivity index (χ3n) is 1.99. The molecule has 0 radical (unpaired) electrons. The fraction of sp³-hybridized carbons (Fsp3) is 0.750. The number of amidine groups is 1. The minimum absolute atomic E-state index is 0.561. The molecule has 0 aromatic carbocycles. The summed E-state index contributed by atoms with van der Waals surface area (Å²) in [5, 5.41) is 0. The third-order valence-corrected chi connectivity index (χ3v) is 1.99. The Bertz CT molecular complexity index is 147. The Labute approximate surface area is 63.3 Å². The van der Waals surface area contributed by atoms with Gasteiger partial charge in [0, 0.05) is 6.92 Å². The van der Waals surface area contributed by atoms with Crippen LogP contribution in [0.4, 0.5) is 0 Å². The monoisotopic (exact) mass is 141 g/mol. The van der Waals surface area contributed by atoms with Crippen molar-refractivity contribution in [1.29, 1.82) is 0 Å². The highest BCUT2D eigenvalue weighted by Gasteiger charge is 2.07. The molecule has 0 saturated carbocycles. The van der Waals surface area contributed by atoms with Crippen molar-refractivity contribution < 1.29 is 4.58 Å². The second-order valence-electron chi connectivity index (χ2n) is 2.57. The molecule has 0 aliphatic rings. The van der Waals surface area contributed by atoms with Crippen molar-refractivity contribution in [2.24, 2.45) is 4.99 Å². The predicted octanol–water partition coefficient (Wildman–Crippen LogP) is 1.55. The maximum Gasteiger partial charge on any atom is 0.289 e. The molecule has 0 amide bonds. The maximum absolute atomic E-state index is 3.85. The molecule has 1 atom stereocenters. The first-order valence-corrected chi connectivity index (χ1v) is 3.66. The summed E-state index contributed by atoms with van der Waals surface area (Å²) in [6.45, 7) is 9.78. The van der Waals surface area contributed by atoms with Crippen LogP contribution in [-0.2, 0) is 0 Å². The van der Waals surface area contributed by atoms with E-state index in [0.29, 0.717) is 6.04 Å². The molecule has 0 bridgehead atoms. The molecular formula is C8H17N2+. The van der Waals surface area contributed by atoms with Gasteiger partial charge in [-0.25, -0.2) is 0 Å². The average Bonchev–Trinajstić information content (AvgIpc) is 2.00. The first-order chi connectivity index (χ1) is 4.63. The summed E-state index contributed by atoms with van der Waals surface area (Å²) in [5.74, 6) is 0.995. The molecule has 0 spiro atoms. The van der Waals surface area contributed by atoms with E-state index >= 15 is 0 Å². The Morgan fingerprint density at radius 3 is 2.50 bits per heavy atom. The van der Waals surface area contributed by atoms with Gasteiger partial charge in [0.25, 0.3) is 5.84 Å². The first kappa shape index (κ1) is 9.34. The van der Waals surface area contributed by atoms with Crippen molar-refractivity contribution in [3.05, 3.63) is 0 Å². The van der Waals surface area contributed by atoms with Crippen LogP contribution in [0, 0.1) is 0 Å². The lowest BCUT2D eigenvalue weighted by atomic mass is 10.2. The van der Waals surface area contributed by atoms with Crippen LogP contribution >= 0.6 is 0 Å². The number of hydrogen-bond donors (Lipinski definition) is 0. The topological polar surface area (TPSA) is 15.4 Å². The van der Waals surface area contributed by atoms with E-state index in [4.69, 9.17) is 0 Å². The van der Waals surface area contributed by atoms with Gasteiger partial charge in [-0.2, -0.15) is 0 Å². The Kier molecular flexibility index (Phi) is 3.93. The SMILES string of the molecule is C=NC(C)=[N+](C)C(C)CC. The first-order valence-electron chi connectivity index (χ1n) is 3.66. The van der Waals surface area contributed by atoms with Crippen molar-refractivity contribution >= 4 is 12.6 Å². The van der Waals surface area contributed by atoms with E-state index in [2.05, 4.69) is 30.1 Å². The van der Waals surface area contributed by atoms with Crippen molar-refractivity contribution in [2.45, 2.75) is 33.2 Å². The molecule has 0 aliphatic heterocycles. The molecule has 0 aromatic heterocycles. The van der Waals surface area contributed by atoms with Crippen LogP contribution in [0.2, 0.25) is 0 Å². The molecule has 1 unspecified atom stereocenters. The van der Waals surface area contributed by atoms with Gasteiger partial charge in [0.1, 0.15) is 6.72 Å². The van der Waals surface area contributed by atoms with Crippen molar-refractivity contribution in [2.75, 3.05) is 7.05 Å². The van der Waals surface area contributed by atoms with Crippen LogP contribution in [-0.4, -0.2) is 30.2 Å². The summed E-state index contributed by atoms with van der Waals surface area (Å²) < 4.78 is 2.13. The molecule has 10 heavy (non-hydrogen) atoms. The summed E-state index contributed by atoms with van der Waals surface area (Å²) in [7, 11) is 2.04. The minimum atomic E-state index is 0.561. The fourth-order valence-corrected chi connectivity index (χ4v) is 0.704. The normalized spacial score (nSPS) is 16.0. The Morgan fingerprint density at radius 1 is 1.70 bits per heavy atom. The average molecular weight is 141 g/mol. The third kappa shape index (κ3) is 2.29. The predicted molar refractivity (Wildman–Crippen MR) is 46.2 cm³/mol. The Balaban J connectivity index is 4.29. The van der Waals surface area contributed by atoms with Crippen LogP contribution in [0.1, 0.15) is 27.2 Å². The molecule has 0 aliphatic carbocycles. The standard InChI is InChI=1S/C8H17N2/c1-6-7(2)10(5)8(3)9-4/h7H,4,6H2,1-3,5H3/q+1. The van der Waals surface area contributed by atoms with Gasteiger partial charge in [-0.15, -0.1) is 0 Å². The van der Waals surface area contributed by atoms with Gasteiger partial charge in [-0.1, -0.05) is 11.9 Å². The summed E-state index contributed by atoms with van der Waals surface area (Å²) >= 11 is 0. The van der Waals surface area contributed by atoms with Crippen molar-refractivity contribution in [3.8, 4) is 0 Å². The van der Waals surface area contributed by atoms with Gasteiger partial charge in [0.2, 0.25) is 0 Å². The van der Waals surface area contributed by atoms with Crippen LogP contribution < -0.4 is 0 Å². The molecular weight excluding hydrogens is 124 g/mol. The van der Waals surface area contributed by atoms with Gasteiger partial charge in [0.15, 0.2) is 0 Å². The van der Waals surface area contributed by atoms with Crippen LogP contribution in [0.5, 0.6) is 0 Å². The maximum atomic E-state index is 3.85. The lowest BCUT2D eigenvalue weighted by Crippen LogP contribution is -2.22. The highest BCUT2D eigenvalue weighted by Crippen LogP contribution is 1.94. The van der Waals surface area contributed by atoms with E-state index in [0.717, 1.165) is 12.3 Å². The number of aliphatic imine (C=N–C) groups is 1.